The largest absolute Gasteiger partial charge is 0.416 e. The lowest BCUT2D eigenvalue weighted by Crippen LogP contribution is -2.75. The summed E-state index contributed by atoms with van der Waals surface area (Å²) in [5.74, 6) is 0. The lowest BCUT2D eigenvalue weighted by molar-refractivity contribution is -0.699. The maximum absolute atomic E-state index is 14.2. The van der Waals surface area contributed by atoms with Gasteiger partial charge in [0, 0.05) is 33.6 Å². The van der Waals surface area contributed by atoms with E-state index in [4.69, 9.17) is 0 Å². The Morgan fingerprint density at radius 2 is 0.535 bits per heavy atom. The molecule has 0 fully saturated rings. The van der Waals surface area contributed by atoms with Crippen molar-refractivity contribution in [3.63, 3.8) is 0 Å². The lowest BCUT2D eigenvalue weighted by Gasteiger charge is -2.46. The highest BCUT2D eigenvalue weighted by molar-refractivity contribution is 9.10. The molecule has 0 aliphatic rings. The molecule has 5 aromatic carbocycles. The third-order valence-corrected chi connectivity index (χ3v) is 11.2. The standard InChI is InChI=1S/C32H12BF24.C12H11BrN/c34-25(35,36)13-1-14(26(37,38)39)6-21(5-13)33(22-7-15(27(40,41)42)2-16(8-22)28(43,44)45,23-9-17(29(46,47)48)3-18(10-23)30(49,50)51)24-11-19(31(52,53)54)4-20(12-24)32(55,56)57;13-12-8-4-5-9-14(12)10-11-6-2-1-3-7-11/h1-12H;1-9H,10H2/q-1;+1. The van der Waals surface area contributed by atoms with Gasteiger partial charge in [0.25, 0.3) is 0 Å². The van der Waals surface area contributed by atoms with E-state index in [1.54, 1.807) is 0 Å². The van der Waals surface area contributed by atoms with E-state index in [1.807, 2.05) is 24.3 Å². The first-order chi connectivity index (χ1) is 32.1. The van der Waals surface area contributed by atoms with Crippen LogP contribution in [-0.2, 0) is 56.0 Å². The van der Waals surface area contributed by atoms with Crippen molar-refractivity contribution in [2.45, 2.75) is 56.0 Å². The van der Waals surface area contributed by atoms with E-state index in [9.17, 15) is 105 Å². The van der Waals surface area contributed by atoms with Gasteiger partial charge in [-0.3, -0.25) is 0 Å². The van der Waals surface area contributed by atoms with Crippen LogP contribution in [0.4, 0.5) is 105 Å². The molecule has 0 saturated carbocycles. The molecule has 0 atom stereocenters. The van der Waals surface area contributed by atoms with Gasteiger partial charge in [-0.15, -0.1) is 0 Å². The van der Waals surface area contributed by atoms with Gasteiger partial charge >= 0.3 is 49.4 Å². The first-order valence-corrected chi connectivity index (χ1v) is 20.0. The summed E-state index contributed by atoms with van der Waals surface area (Å²) in [6.45, 7) is 0.905. The Kier molecular flexibility index (Phi) is 15.2. The van der Waals surface area contributed by atoms with Gasteiger partial charge in [0.15, 0.2) is 12.7 Å². The van der Waals surface area contributed by atoms with Crippen LogP contribution in [0.5, 0.6) is 0 Å². The Bertz CT molecular complexity index is 2410. The molecule has 1 heterocycles. The highest BCUT2D eigenvalue weighted by Gasteiger charge is 2.47. The maximum atomic E-state index is 14.2. The summed E-state index contributed by atoms with van der Waals surface area (Å²) in [7, 11) is 0. The van der Waals surface area contributed by atoms with Crippen molar-refractivity contribution in [3.8, 4) is 0 Å². The number of hydrogen-bond acceptors (Lipinski definition) is 0. The third kappa shape index (κ3) is 13.2. The number of aromatic nitrogens is 1. The number of pyridine rings is 1. The van der Waals surface area contributed by atoms with Gasteiger partial charge in [0.2, 0.25) is 4.60 Å². The third-order valence-electron chi connectivity index (χ3n) is 10.5. The normalized spacial score (nSPS) is 13.5. The summed E-state index contributed by atoms with van der Waals surface area (Å²) in [5, 5.41) is 0. The quantitative estimate of drug-likeness (QED) is 0.0677. The molecular formula is C44H23BBrF24N. The Morgan fingerprint density at radius 3 is 0.746 bits per heavy atom. The second-order valence-electron chi connectivity index (χ2n) is 15.4. The molecule has 0 bridgehead atoms. The van der Waals surface area contributed by atoms with Gasteiger partial charge < -0.3 is 0 Å². The molecule has 0 amide bonds. The predicted molar refractivity (Wildman–Crippen MR) is 210 cm³/mol. The molecule has 0 aliphatic heterocycles. The SMILES string of the molecule is Brc1cccc[n+]1Cc1ccccc1.FC(F)(F)c1cc([B-](c2cc(C(F)(F)F)cc(C(F)(F)F)c2)(c2cc(C(F)(F)F)cc(C(F)(F)F)c2)c2cc(C(F)(F)F)cc(C(F)(F)F)c2)cc(C(F)(F)F)c1. The van der Waals surface area contributed by atoms with Crippen molar-refractivity contribution in [1.29, 1.82) is 0 Å². The fourth-order valence-corrected chi connectivity index (χ4v) is 7.83. The molecule has 0 saturated heterocycles. The number of halogens is 25. The number of rotatable bonds is 6. The monoisotopic (exact) mass is 1110 g/mol. The molecule has 6 rings (SSSR count). The summed E-state index contributed by atoms with van der Waals surface area (Å²) >= 11 is 3.52. The molecule has 0 aliphatic carbocycles. The first kappa shape index (κ1) is 56.0. The van der Waals surface area contributed by atoms with Crippen molar-refractivity contribution in [1.82, 2.24) is 0 Å². The first-order valence-electron chi connectivity index (χ1n) is 19.2. The summed E-state index contributed by atoms with van der Waals surface area (Å²) in [5.41, 5.74) is -28.9. The number of nitrogens with zero attached hydrogens (tertiary/aromatic N) is 1. The van der Waals surface area contributed by atoms with Gasteiger partial charge in [0.1, 0.15) is 6.15 Å². The second-order valence-corrected chi connectivity index (χ2v) is 16.2. The number of alkyl halides is 24. The van der Waals surface area contributed by atoms with Crippen molar-refractivity contribution >= 4 is 43.9 Å². The zero-order valence-corrected chi connectivity index (χ0v) is 35.9. The van der Waals surface area contributed by atoms with Crippen LogP contribution >= 0.6 is 15.9 Å². The molecule has 27 heteroatoms. The summed E-state index contributed by atoms with van der Waals surface area (Å²) in [6, 6.07) is 7.71. The predicted octanol–water partition coefficient (Wildman–Crippen LogP) is 14.0. The molecule has 0 spiro atoms. The Hall–Kier alpha value is -5.89. The van der Waals surface area contributed by atoms with Crippen LogP contribution in [0, 0.1) is 0 Å². The molecular weight excluding hydrogens is 1090 g/mol. The van der Waals surface area contributed by atoms with E-state index in [2.05, 4.69) is 51.0 Å². The van der Waals surface area contributed by atoms with Crippen LogP contribution < -0.4 is 26.4 Å². The highest BCUT2D eigenvalue weighted by Crippen LogP contribution is 2.41. The van der Waals surface area contributed by atoms with Crippen LogP contribution in [0.2, 0.25) is 0 Å². The van der Waals surface area contributed by atoms with Crippen molar-refractivity contribution < 1.29 is 110 Å². The van der Waals surface area contributed by atoms with Crippen LogP contribution in [0.3, 0.4) is 0 Å². The van der Waals surface area contributed by atoms with Gasteiger partial charge in [-0.05, 0) is 30.3 Å². The second kappa shape index (κ2) is 19.3. The summed E-state index contributed by atoms with van der Waals surface area (Å²) in [6.07, 6.45) is -52.7. The van der Waals surface area contributed by atoms with E-state index in [1.165, 1.54) is 5.56 Å². The van der Waals surface area contributed by atoms with E-state index in [0.29, 0.717) is 0 Å². The molecule has 382 valence electrons. The van der Waals surface area contributed by atoms with Gasteiger partial charge in [-0.2, -0.15) is 132 Å². The Balaban J connectivity index is 0.000000569. The molecule has 0 N–H and O–H groups in total. The van der Waals surface area contributed by atoms with Gasteiger partial charge in [-0.25, -0.2) is 0 Å². The topological polar surface area (TPSA) is 3.88 Å². The minimum atomic E-state index is -6.13. The molecule has 0 radical (unpaired) electrons. The molecule has 0 unspecified atom stereocenters. The van der Waals surface area contributed by atoms with E-state index < -0.39 is 195 Å². The fourth-order valence-electron chi connectivity index (χ4n) is 7.43. The van der Waals surface area contributed by atoms with E-state index in [-0.39, 0.29) is 0 Å². The average molecular weight is 1110 g/mol. The van der Waals surface area contributed by atoms with Crippen LogP contribution in [-0.4, -0.2) is 6.15 Å². The zero-order chi connectivity index (χ0) is 53.7. The zero-order valence-electron chi connectivity index (χ0n) is 34.3. The molecule has 6 aromatic rings. The smallest absolute Gasteiger partial charge is 0.194 e. The van der Waals surface area contributed by atoms with Crippen LogP contribution in [0.1, 0.15) is 50.1 Å². The fraction of sp³-hybridized carbons (Fsp3) is 0.205. The van der Waals surface area contributed by atoms with E-state index >= 15 is 0 Å². The average Bonchev–Trinajstić information content (AvgIpc) is 3.22. The summed E-state index contributed by atoms with van der Waals surface area (Å²) < 4.78 is 344. The highest BCUT2D eigenvalue weighted by atomic mass is 79.9. The summed E-state index contributed by atoms with van der Waals surface area (Å²) in [4.78, 5) is 0. The van der Waals surface area contributed by atoms with Crippen molar-refractivity contribution in [3.05, 3.63) is 182 Å². The molecule has 1 nitrogen and oxygen atoms in total. The Morgan fingerprint density at radius 1 is 0.310 bits per heavy atom. The van der Waals surface area contributed by atoms with Crippen molar-refractivity contribution in [2.75, 3.05) is 0 Å². The maximum Gasteiger partial charge on any atom is 0.416 e. The lowest BCUT2D eigenvalue weighted by atomic mass is 9.12. The molecule has 71 heavy (non-hydrogen) atoms. The van der Waals surface area contributed by atoms with Crippen LogP contribution in [0.15, 0.2) is 132 Å². The number of hydrogen-bond donors (Lipinski definition) is 0. The minimum absolute atomic E-state index is 0.691. The Labute approximate surface area is 391 Å². The minimum Gasteiger partial charge on any atom is -0.194 e. The van der Waals surface area contributed by atoms with E-state index in [0.717, 1.165) is 11.1 Å². The van der Waals surface area contributed by atoms with Gasteiger partial charge in [-0.1, -0.05) is 78.9 Å². The van der Waals surface area contributed by atoms with Gasteiger partial charge in [0.05, 0.1) is 44.5 Å². The van der Waals surface area contributed by atoms with Crippen molar-refractivity contribution in [2.24, 2.45) is 0 Å². The number of benzene rings is 5. The van der Waals surface area contributed by atoms with Crippen LogP contribution in [0.25, 0.3) is 0 Å². The molecule has 1 aromatic heterocycles.